The minimum atomic E-state index is -0.601. The number of aryl methyl sites for hydroxylation is 2. The average molecular weight is 457 g/mol. The Kier molecular flexibility index (Phi) is 9.03. The van der Waals surface area contributed by atoms with Crippen LogP contribution < -0.4 is 5.32 Å². The molecule has 0 radical (unpaired) electrons. The predicted molar refractivity (Wildman–Crippen MR) is 138 cm³/mol. The van der Waals surface area contributed by atoms with Crippen LogP contribution in [0.2, 0.25) is 0 Å². The van der Waals surface area contributed by atoms with Gasteiger partial charge in [0.15, 0.2) is 0 Å². The van der Waals surface area contributed by atoms with E-state index in [4.69, 9.17) is 0 Å². The molecule has 0 fully saturated rings. The van der Waals surface area contributed by atoms with Gasteiger partial charge in [0.1, 0.15) is 6.04 Å². The minimum absolute atomic E-state index is 0.0409. The summed E-state index contributed by atoms with van der Waals surface area (Å²) in [5.41, 5.74) is 5.36. The molecule has 0 aromatic heterocycles. The van der Waals surface area contributed by atoms with Gasteiger partial charge in [-0.2, -0.15) is 0 Å². The first kappa shape index (κ1) is 25.2. The van der Waals surface area contributed by atoms with Crippen LogP contribution in [0.25, 0.3) is 0 Å². The molecule has 0 unspecified atom stereocenters. The van der Waals surface area contributed by atoms with E-state index in [1.54, 1.807) is 4.90 Å². The third-order valence-electron chi connectivity index (χ3n) is 6.39. The topological polar surface area (TPSA) is 49.4 Å². The maximum Gasteiger partial charge on any atom is 0.243 e. The number of rotatable bonds is 10. The van der Waals surface area contributed by atoms with Crippen LogP contribution in [0.15, 0.2) is 78.9 Å². The molecule has 0 aliphatic carbocycles. The van der Waals surface area contributed by atoms with E-state index in [0.717, 1.165) is 28.7 Å². The zero-order valence-corrected chi connectivity index (χ0v) is 20.8. The fourth-order valence-electron chi connectivity index (χ4n) is 3.96. The van der Waals surface area contributed by atoms with E-state index in [9.17, 15) is 9.59 Å². The van der Waals surface area contributed by atoms with E-state index in [2.05, 4.69) is 31.3 Å². The molecular formula is C30H36N2O2. The van der Waals surface area contributed by atoms with E-state index >= 15 is 0 Å². The van der Waals surface area contributed by atoms with Gasteiger partial charge in [-0.1, -0.05) is 85.8 Å². The molecule has 3 aromatic rings. The van der Waals surface area contributed by atoms with Crippen molar-refractivity contribution in [1.29, 1.82) is 0 Å². The Hall–Kier alpha value is -3.40. The van der Waals surface area contributed by atoms with E-state index in [0.29, 0.717) is 13.0 Å². The lowest BCUT2D eigenvalue weighted by Gasteiger charge is -2.32. The summed E-state index contributed by atoms with van der Waals surface area (Å²) in [4.78, 5) is 29.0. The fraction of sp³-hybridized carbons (Fsp3) is 0.333. The van der Waals surface area contributed by atoms with Crippen molar-refractivity contribution in [2.75, 3.05) is 0 Å². The SMILES string of the molecule is CC[C@@H](C)NC(=O)[C@H](Cc1ccccc1)N(Cc1ccccc1)C(=O)Cc1ccc(C)c(C)c1. The zero-order chi connectivity index (χ0) is 24.5. The maximum atomic E-state index is 13.8. The molecule has 2 atom stereocenters. The molecule has 0 aliphatic rings. The van der Waals surface area contributed by atoms with Gasteiger partial charge >= 0.3 is 0 Å². The van der Waals surface area contributed by atoms with E-state index < -0.39 is 6.04 Å². The first-order valence-electron chi connectivity index (χ1n) is 12.1. The lowest BCUT2D eigenvalue weighted by Crippen LogP contribution is -2.52. The van der Waals surface area contributed by atoms with Crippen molar-refractivity contribution in [2.45, 2.75) is 65.6 Å². The van der Waals surface area contributed by atoms with Crippen molar-refractivity contribution in [3.63, 3.8) is 0 Å². The van der Waals surface area contributed by atoms with E-state index in [1.807, 2.05) is 80.6 Å². The maximum absolute atomic E-state index is 13.8. The molecule has 3 rings (SSSR count). The van der Waals surface area contributed by atoms with Crippen LogP contribution in [-0.4, -0.2) is 28.8 Å². The number of carbonyl (C=O) groups excluding carboxylic acids is 2. The second kappa shape index (κ2) is 12.2. The van der Waals surface area contributed by atoms with Crippen molar-refractivity contribution in [1.82, 2.24) is 10.2 Å². The van der Waals surface area contributed by atoms with Crippen LogP contribution >= 0.6 is 0 Å². The van der Waals surface area contributed by atoms with Gasteiger partial charge in [-0.3, -0.25) is 9.59 Å². The van der Waals surface area contributed by atoms with Crippen molar-refractivity contribution in [2.24, 2.45) is 0 Å². The summed E-state index contributed by atoms with van der Waals surface area (Å²) in [6, 6.07) is 25.4. The van der Waals surface area contributed by atoms with Gasteiger partial charge in [0.25, 0.3) is 0 Å². The second-order valence-corrected chi connectivity index (χ2v) is 9.13. The van der Waals surface area contributed by atoms with Gasteiger partial charge in [0.05, 0.1) is 6.42 Å². The Morgan fingerprint density at radius 1 is 0.824 bits per heavy atom. The van der Waals surface area contributed by atoms with Crippen LogP contribution in [0, 0.1) is 13.8 Å². The molecule has 0 saturated carbocycles. The molecule has 34 heavy (non-hydrogen) atoms. The van der Waals surface area contributed by atoms with Crippen LogP contribution in [0.4, 0.5) is 0 Å². The van der Waals surface area contributed by atoms with Crippen molar-refractivity contribution < 1.29 is 9.59 Å². The number of nitrogens with zero attached hydrogens (tertiary/aromatic N) is 1. The lowest BCUT2D eigenvalue weighted by atomic mass is 10.00. The van der Waals surface area contributed by atoms with Crippen molar-refractivity contribution in [3.05, 3.63) is 107 Å². The number of amides is 2. The molecule has 1 N–H and O–H groups in total. The molecule has 0 saturated heterocycles. The number of carbonyl (C=O) groups is 2. The number of nitrogens with one attached hydrogen (secondary N) is 1. The Morgan fingerprint density at radius 3 is 2.03 bits per heavy atom. The van der Waals surface area contributed by atoms with Crippen molar-refractivity contribution >= 4 is 11.8 Å². The average Bonchev–Trinajstić information content (AvgIpc) is 2.84. The first-order chi connectivity index (χ1) is 16.4. The van der Waals surface area contributed by atoms with Crippen LogP contribution in [0.5, 0.6) is 0 Å². The second-order valence-electron chi connectivity index (χ2n) is 9.13. The van der Waals surface area contributed by atoms with Gasteiger partial charge in [0, 0.05) is 19.0 Å². The smallest absolute Gasteiger partial charge is 0.243 e. The van der Waals surface area contributed by atoms with Crippen LogP contribution in [-0.2, 0) is 29.0 Å². The predicted octanol–water partition coefficient (Wildman–Crippen LogP) is 5.40. The molecule has 0 heterocycles. The first-order valence-corrected chi connectivity index (χ1v) is 12.1. The van der Waals surface area contributed by atoms with Crippen molar-refractivity contribution in [3.8, 4) is 0 Å². The lowest BCUT2D eigenvalue weighted by molar-refractivity contribution is -0.141. The standard InChI is InChI=1S/C30H36N2O2/c1-5-24(4)31-30(34)28(19-25-12-8-6-9-13-25)32(21-26-14-10-7-11-15-26)29(33)20-27-17-16-22(2)23(3)18-27/h6-18,24,28H,5,19-21H2,1-4H3,(H,31,34)/t24-,28+/m1/s1. The van der Waals surface area contributed by atoms with Gasteiger partial charge < -0.3 is 10.2 Å². The van der Waals surface area contributed by atoms with E-state index in [1.165, 1.54) is 5.56 Å². The quantitative estimate of drug-likeness (QED) is 0.444. The Morgan fingerprint density at radius 2 is 1.44 bits per heavy atom. The minimum Gasteiger partial charge on any atom is -0.352 e. The summed E-state index contributed by atoms with van der Waals surface area (Å²) in [6.45, 7) is 8.55. The molecule has 2 amide bonds. The Balaban J connectivity index is 1.96. The summed E-state index contributed by atoms with van der Waals surface area (Å²) in [7, 11) is 0. The van der Waals surface area contributed by atoms with Gasteiger partial charge in [-0.05, 0) is 55.0 Å². The largest absolute Gasteiger partial charge is 0.352 e. The molecule has 4 nitrogen and oxygen atoms in total. The summed E-state index contributed by atoms with van der Waals surface area (Å²) < 4.78 is 0. The monoisotopic (exact) mass is 456 g/mol. The van der Waals surface area contributed by atoms with E-state index in [-0.39, 0.29) is 24.3 Å². The highest BCUT2D eigenvalue weighted by Crippen LogP contribution is 2.18. The highest BCUT2D eigenvalue weighted by Gasteiger charge is 2.31. The normalized spacial score (nSPS) is 12.6. The van der Waals surface area contributed by atoms with Gasteiger partial charge in [-0.25, -0.2) is 0 Å². The summed E-state index contributed by atoms with van der Waals surface area (Å²) >= 11 is 0. The Bertz CT molecular complexity index is 1080. The molecule has 178 valence electrons. The highest BCUT2D eigenvalue weighted by atomic mass is 16.2. The third-order valence-corrected chi connectivity index (χ3v) is 6.39. The molecular weight excluding hydrogens is 420 g/mol. The number of hydrogen-bond donors (Lipinski definition) is 1. The Labute approximate surface area is 204 Å². The summed E-state index contributed by atoms with van der Waals surface area (Å²) in [6.07, 6.45) is 1.56. The van der Waals surface area contributed by atoms with Gasteiger partial charge in [-0.15, -0.1) is 0 Å². The number of hydrogen-bond acceptors (Lipinski definition) is 2. The summed E-state index contributed by atoms with van der Waals surface area (Å²) in [5, 5.41) is 3.12. The fourth-order valence-corrected chi connectivity index (χ4v) is 3.96. The molecule has 0 aliphatic heterocycles. The molecule has 4 heteroatoms. The molecule has 0 bridgehead atoms. The van der Waals surface area contributed by atoms with Crippen LogP contribution in [0.1, 0.15) is 48.1 Å². The summed E-state index contributed by atoms with van der Waals surface area (Å²) in [5.74, 6) is -0.157. The third kappa shape index (κ3) is 7.05. The number of benzene rings is 3. The van der Waals surface area contributed by atoms with Crippen LogP contribution in [0.3, 0.4) is 0 Å². The van der Waals surface area contributed by atoms with Gasteiger partial charge in [0.2, 0.25) is 11.8 Å². The zero-order valence-electron chi connectivity index (χ0n) is 20.8. The molecule has 3 aromatic carbocycles. The molecule has 0 spiro atoms. The highest BCUT2D eigenvalue weighted by molar-refractivity contribution is 5.89.